The minimum atomic E-state index is -5.35. The molecule has 0 spiro atoms. The predicted octanol–water partition coefficient (Wildman–Crippen LogP) is 3.31. The van der Waals surface area contributed by atoms with Crippen LogP contribution in [0.3, 0.4) is 0 Å². The molecule has 0 aromatic rings. The zero-order valence-electron chi connectivity index (χ0n) is 9.48. The van der Waals surface area contributed by atoms with Crippen molar-refractivity contribution in [3.8, 4) is 0 Å². The molecule has 0 radical (unpaired) electrons. The Balaban J connectivity index is 2.81. The maximum Gasteiger partial charge on any atom is 0.403 e. The van der Waals surface area contributed by atoms with E-state index in [2.05, 4.69) is 0 Å². The van der Waals surface area contributed by atoms with Gasteiger partial charge in [0.25, 0.3) is 0 Å². The minimum absolute atomic E-state index is 0.0128. The third-order valence-electron chi connectivity index (χ3n) is 2.66. The summed E-state index contributed by atoms with van der Waals surface area (Å²) in [6, 6.07) is 0. The van der Waals surface area contributed by atoms with E-state index in [1.54, 1.807) is 0 Å². The van der Waals surface area contributed by atoms with Crippen LogP contribution < -0.4 is 0 Å². The van der Waals surface area contributed by atoms with Gasteiger partial charge in [-0.25, -0.2) is 0 Å². The lowest BCUT2D eigenvalue weighted by molar-refractivity contribution is -0.311. The van der Waals surface area contributed by atoms with Gasteiger partial charge < -0.3 is 9.47 Å². The van der Waals surface area contributed by atoms with Gasteiger partial charge in [0.15, 0.2) is 5.92 Å². The van der Waals surface area contributed by atoms with E-state index in [9.17, 15) is 26.3 Å². The fraction of sp³-hybridized carbons (Fsp3) is 1.00. The van der Waals surface area contributed by atoms with E-state index in [1.165, 1.54) is 0 Å². The van der Waals surface area contributed by atoms with Crippen LogP contribution in [0.15, 0.2) is 0 Å². The molecule has 1 rings (SSSR count). The molecule has 108 valence electrons. The monoisotopic (exact) mass is 280 g/mol. The smallest absolute Gasteiger partial charge is 0.379 e. The Morgan fingerprint density at radius 1 is 0.833 bits per heavy atom. The Bertz CT molecular complexity index is 226. The Hall–Kier alpha value is -0.500. The quantitative estimate of drug-likeness (QED) is 0.686. The number of alkyl halides is 6. The third-order valence-corrected chi connectivity index (χ3v) is 2.66. The Morgan fingerprint density at radius 3 is 2.00 bits per heavy atom. The first-order valence-electron chi connectivity index (χ1n) is 5.55. The molecule has 0 bridgehead atoms. The molecule has 2 nitrogen and oxygen atoms in total. The minimum Gasteiger partial charge on any atom is -0.379 e. The number of hydrogen-bond acceptors (Lipinski definition) is 2. The SMILES string of the molecule is FC(F)(F)C(C1CCCCOCCO1)C(F)(F)F. The second-order valence-electron chi connectivity index (χ2n) is 4.08. The van der Waals surface area contributed by atoms with Crippen LogP contribution in [0.25, 0.3) is 0 Å². The van der Waals surface area contributed by atoms with Gasteiger partial charge >= 0.3 is 12.4 Å². The standard InChI is InChI=1S/C10H14F6O2/c11-9(12,13)8(10(14,15)16)7-3-1-2-4-17-5-6-18-7/h7-8H,1-6H2. The Kier molecular flexibility index (Phi) is 5.27. The molecular formula is C10H14F6O2. The second-order valence-corrected chi connectivity index (χ2v) is 4.08. The van der Waals surface area contributed by atoms with E-state index < -0.39 is 24.4 Å². The average Bonchev–Trinajstić information content (AvgIpc) is 2.27. The van der Waals surface area contributed by atoms with Crippen molar-refractivity contribution >= 4 is 0 Å². The van der Waals surface area contributed by atoms with Crippen molar-refractivity contribution in [2.75, 3.05) is 19.8 Å². The number of halogens is 6. The number of rotatable bonds is 1. The molecule has 1 saturated heterocycles. The summed E-state index contributed by atoms with van der Waals surface area (Å²) in [6.07, 6.45) is -12.2. The highest BCUT2D eigenvalue weighted by Crippen LogP contribution is 2.43. The van der Waals surface area contributed by atoms with Crippen LogP contribution in [0.5, 0.6) is 0 Å². The lowest BCUT2D eigenvalue weighted by Crippen LogP contribution is -2.46. The molecule has 1 unspecified atom stereocenters. The third kappa shape index (κ3) is 4.64. The molecule has 1 aliphatic rings. The summed E-state index contributed by atoms with van der Waals surface area (Å²) in [5.41, 5.74) is 0. The molecule has 0 aromatic heterocycles. The first kappa shape index (κ1) is 15.6. The molecule has 1 fully saturated rings. The molecule has 1 atom stereocenters. The topological polar surface area (TPSA) is 18.5 Å². The van der Waals surface area contributed by atoms with Gasteiger partial charge in [-0.1, -0.05) is 0 Å². The molecule has 1 aliphatic heterocycles. The first-order chi connectivity index (χ1) is 8.23. The van der Waals surface area contributed by atoms with E-state index in [-0.39, 0.29) is 26.1 Å². The predicted molar refractivity (Wildman–Crippen MR) is 50.0 cm³/mol. The maximum atomic E-state index is 12.5. The van der Waals surface area contributed by atoms with E-state index in [1.807, 2.05) is 0 Å². The summed E-state index contributed by atoms with van der Waals surface area (Å²) in [5.74, 6) is -3.43. The number of hydrogen-bond donors (Lipinski definition) is 0. The van der Waals surface area contributed by atoms with Crippen LogP contribution in [0.4, 0.5) is 26.3 Å². The molecule has 1 heterocycles. The molecule has 0 N–H and O–H groups in total. The van der Waals surface area contributed by atoms with Crippen LogP contribution in [0.2, 0.25) is 0 Å². The fourth-order valence-electron chi connectivity index (χ4n) is 1.86. The fourth-order valence-corrected chi connectivity index (χ4v) is 1.86. The lowest BCUT2D eigenvalue weighted by atomic mass is 9.96. The molecule has 0 saturated carbocycles. The zero-order valence-corrected chi connectivity index (χ0v) is 9.48. The highest BCUT2D eigenvalue weighted by Gasteiger charge is 2.60. The maximum absolute atomic E-state index is 12.5. The number of ether oxygens (including phenoxy) is 2. The molecule has 0 aliphatic carbocycles. The van der Waals surface area contributed by atoms with E-state index in [0.717, 1.165) is 0 Å². The van der Waals surface area contributed by atoms with Gasteiger partial charge in [-0.05, 0) is 19.3 Å². The molecule has 8 heteroatoms. The average molecular weight is 280 g/mol. The summed E-state index contributed by atoms with van der Waals surface area (Å²) in [7, 11) is 0. The van der Waals surface area contributed by atoms with Gasteiger partial charge in [-0.15, -0.1) is 0 Å². The van der Waals surface area contributed by atoms with Crippen molar-refractivity contribution in [1.29, 1.82) is 0 Å². The van der Waals surface area contributed by atoms with E-state index >= 15 is 0 Å². The van der Waals surface area contributed by atoms with Crippen LogP contribution >= 0.6 is 0 Å². The van der Waals surface area contributed by atoms with Crippen molar-refractivity contribution in [3.05, 3.63) is 0 Å². The largest absolute Gasteiger partial charge is 0.403 e. The Labute approximate surface area is 100 Å². The van der Waals surface area contributed by atoms with Crippen molar-refractivity contribution in [2.45, 2.75) is 37.7 Å². The van der Waals surface area contributed by atoms with Crippen LogP contribution in [-0.2, 0) is 9.47 Å². The van der Waals surface area contributed by atoms with Crippen molar-refractivity contribution < 1.29 is 35.8 Å². The zero-order chi connectivity index (χ0) is 13.8. The summed E-state index contributed by atoms with van der Waals surface area (Å²) in [5, 5.41) is 0. The lowest BCUT2D eigenvalue weighted by Gasteiger charge is -2.30. The highest BCUT2D eigenvalue weighted by molar-refractivity contribution is 4.83. The van der Waals surface area contributed by atoms with E-state index in [0.29, 0.717) is 13.0 Å². The summed E-state index contributed by atoms with van der Waals surface area (Å²) < 4.78 is 84.7. The second kappa shape index (κ2) is 6.10. The summed E-state index contributed by atoms with van der Waals surface area (Å²) in [4.78, 5) is 0. The first-order valence-corrected chi connectivity index (χ1v) is 5.55. The molecule has 18 heavy (non-hydrogen) atoms. The molecular weight excluding hydrogens is 266 g/mol. The van der Waals surface area contributed by atoms with Gasteiger partial charge in [0.05, 0.1) is 19.3 Å². The summed E-state index contributed by atoms with van der Waals surface area (Å²) in [6.45, 7) is 0.0883. The van der Waals surface area contributed by atoms with Crippen LogP contribution in [0.1, 0.15) is 19.3 Å². The van der Waals surface area contributed by atoms with Gasteiger partial charge in [0, 0.05) is 6.61 Å². The highest BCUT2D eigenvalue weighted by atomic mass is 19.4. The Morgan fingerprint density at radius 2 is 1.44 bits per heavy atom. The van der Waals surface area contributed by atoms with Gasteiger partial charge in [-0.3, -0.25) is 0 Å². The van der Waals surface area contributed by atoms with Crippen LogP contribution in [0, 0.1) is 5.92 Å². The van der Waals surface area contributed by atoms with Gasteiger partial charge in [0.2, 0.25) is 0 Å². The van der Waals surface area contributed by atoms with Crippen LogP contribution in [-0.4, -0.2) is 38.3 Å². The van der Waals surface area contributed by atoms with Gasteiger partial charge in [-0.2, -0.15) is 26.3 Å². The van der Waals surface area contributed by atoms with Crippen molar-refractivity contribution in [2.24, 2.45) is 5.92 Å². The van der Waals surface area contributed by atoms with Crippen molar-refractivity contribution in [3.63, 3.8) is 0 Å². The van der Waals surface area contributed by atoms with Crippen molar-refractivity contribution in [1.82, 2.24) is 0 Å². The summed E-state index contributed by atoms with van der Waals surface area (Å²) >= 11 is 0. The van der Waals surface area contributed by atoms with E-state index in [4.69, 9.17) is 9.47 Å². The van der Waals surface area contributed by atoms with Gasteiger partial charge in [0.1, 0.15) is 0 Å². The molecule has 0 amide bonds. The normalized spacial score (nSPS) is 24.5. The molecule has 0 aromatic carbocycles.